The number of hydrogen-bond acceptors (Lipinski definition) is 2. The number of aliphatic carboxylic acids is 1. The van der Waals surface area contributed by atoms with Crippen LogP contribution in [0.1, 0.15) is 18.9 Å². The summed E-state index contributed by atoms with van der Waals surface area (Å²) in [6.45, 7) is 1.75. The Balaban J connectivity index is 3.06. The van der Waals surface area contributed by atoms with Crippen molar-refractivity contribution in [2.24, 2.45) is 0 Å². The molecule has 0 spiro atoms. The Morgan fingerprint density at radius 1 is 1.40 bits per heavy atom. The third-order valence-electron chi connectivity index (χ3n) is 2.14. The Hall–Kier alpha value is -1.61. The number of carbonyl (C=O) groups is 1. The van der Waals surface area contributed by atoms with Gasteiger partial charge in [-0.2, -0.15) is 0 Å². The van der Waals surface area contributed by atoms with E-state index < -0.39 is 11.6 Å². The average Bonchev–Trinajstić information content (AvgIpc) is 2.18. The molecule has 3 heteroatoms. The number of carboxylic acids is 1. The second-order valence-electron chi connectivity index (χ2n) is 3.36. The third kappa shape index (κ3) is 2.92. The summed E-state index contributed by atoms with van der Waals surface area (Å²) in [5.74, 6) is -1.03. The van der Waals surface area contributed by atoms with Crippen LogP contribution in [0.3, 0.4) is 0 Å². The zero-order valence-electron chi connectivity index (χ0n) is 8.55. The quantitative estimate of drug-likeness (QED) is 0.740. The van der Waals surface area contributed by atoms with E-state index in [1.54, 1.807) is 37.3 Å². The third-order valence-corrected chi connectivity index (χ3v) is 2.14. The van der Waals surface area contributed by atoms with Crippen LogP contribution in [0.15, 0.2) is 42.5 Å². The summed E-state index contributed by atoms with van der Waals surface area (Å²) in [5.41, 5.74) is -0.826. The average molecular weight is 206 g/mol. The largest absolute Gasteiger partial charge is 0.481 e. The summed E-state index contributed by atoms with van der Waals surface area (Å²) in [5, 5.41) is 18.9. The lowest BCUT2D eigenvalue weighted by Crippen LogP contribution is -2.26. The minimum Gasteiger partial charge on any atom is -0.481 e. The van der Waals surface area contributed by atoms with Crippen LogP contribution >= 0.6 is 0 Å². The van der Waals surface area contributed by atoms with E-state index >= 15 is 0 Å². The summed E-state index contributed by atoms with van der Waals surface area (Å²) >= 11 is 0. The Labute approximate surface area is 88.7 Å². The number of benzene rings is 1. The zero-order valence-corrected chi connectivity index (χ0v) is 8.55. The molecule has 0 heterocycles. The van der Waals surface area contributed by atoms with Crippen molar-refractivity contribution < 1.29 is 15.0 Å². The first-order chi connectivity index (χ1) is 7.08. The maximum Gasteiger partial charge on any atom is 0.306 e. The SMILES string of the molecule is C/C=C/C(O)(CC(=O)O)c1ccccc1. The molecule has 15 heavy (non-hydrogen) atoms. The van der Waals surface area contributed by atoms with Gasteiger partial charge in [0.15, 0.2) is 0 Å². The van der Waals surface area contributed by atoms with Gasteiger partial charge in [0.2, 0.25) is 0 Å². The van der Waals surface area contributed by atoms with E-state index in [0.29, 0.717) is 5.56 Å². The zero-order chi connectivity index (χ0) is 11.3. The predicted octanol–water partition coefficient (Wildman–Crippen LogP) is 1.93. The van der Waals surface area contributed by atoms with Crippen molar-refractivity contribution in [1.82, 2.24) is 0 Å². The predicted molar refractivity (Wildman–Crippen MR) is 57.4 cm³/mol. The van der Waals surface area contributed by atoms with E-state index in [2.05, 4.69) is 0 Å². The van der Waals surface area contributed by atoms with Gasteiger partial charge in [-0.15, -0.1) is 0 Å². The second kappa shape index (κ2) is 4.75. The number of allylic oxidation sites excluding steroid dienone is 1. The van der Waals surface area contributed by atoms with Crippen molar-refractivity contribution in [2.75, 3.05) is 0 Å². The van der Waals surface area contributed by atoms with Gasteiger partial charge in [0.1, 0.15) is 5.60 Å². The summed E-state index contributed by atoms with van der Waals surface area (Å²) in [6, 6.07) is 8.78. The molecule has 3 nitrogen and oxygen atoms in total. The fourth-order valence-electron chi connectivity index (χ4n) is 1.49. The molecule has 0 aliphatic rings. The van der Waals surface area contributed by atoms with Crippen LogP contribution in [0.2, 0.25) is 0 Å². The van der Waals surface area contributed by atoms with Crippen molar-refractivity contribution in [1.29, 1.82) is 0 Å². The topological polar surface area (TPSA) is 57.5 Å². The van der Waals surface area contributed by atoms with E-state index in [0.717, 1.165) is 0 Å². The Kier molecular flexibility index (Phi) is 3.63. The van der Waals surface area contributed by atoms with E-state index in [1.165, 1.54) is 6.08 Å². The molecule has 1 aromatic rings. The van der Waals surface area contributed by atoms with Gasteiger partial charge in [0, 0.05) is 0 Å². The highest BCUT2D eigenvalue weighted by Gasteiger charge is 2.28. The van der Waals surface area contributed by atoms with Gasteiger partial charge in [-0.05, 0) is 12.5 Å². The van der Waals surface area contributed by atoms with E-state index in [-0.39, 0.29) is 6.42 Å². The van der Waals surface area contributed by atoms with Crippen LogP contribution in [0.25, 0.3) is 0 Å². The van der Waals surface area contributed by atoms with Gasteiger partial charge in [-0.1, -0.05) is 42.5 Å². The molecule has 1 atom stereocenters. The fourth-order valence-corrected chi connectivity index (χ4v) is 1.49. The number of rotatable bonds is 4. The van der Waals surface area contributed by atoms with Crippen LogP contribution < -0.4 is 0 Å². The van der Waals surface area contributed by atoms with Crippen molar-refractivity contribution in [2.45, 2.75) is 18.9 Å². The molecule has 2 N–H and O–H groups in total. The molecule has 80 valence electrons. The van der Waals surface area contributed by atoms with E-state index in [4.69, 9.17) is 5.11 Å². The number of aliphatic hydroxyl groups is 1. The second-order valence-corrected chi connectivity index (χ2v) is 3.36. The molecular weight excluding hydrogens is 192 g/mol. The summed E-state index contributed by atoms with van der Waals surface area (Å²) in [4.78, 5) is 10.7. The summed E-state index contributed by atoms with van der Waals surface area (Å²) in [7, 11) is 0. The molecule has 1 rings (SSSR count). The molecule has 0 saturated heterocycles. The normalized spacial score (nSPS) is 15.1. The molecule has 0 amide bonds. The van der Waals surface area contributed by atoms with Gasteiger partial charge >= 0.3 is 5.97 Å². The minimum absolute atomic E-state index is 0.332. The van der Waals surface area contributed by atoms with Gasteiger partial charge in [0.25, 0.3) is 0 Å². The summed E-state index contributed by atoms with van der Waals surface area (Å²) in [6.07, 6.45) is 2.81. The highest BCUT2D eigenvalue weighted by Crippen LogP contribution is 2.26. The van der Waals surface area contributed by atoms with Crippen molar-refractivity contribution in [3.05, 3.63) is 48.0 Å². The van der Waals surface area contributed by atoms with Crippen LogP contribution in [-0.2, 0) is 10.4 Å². The van der Waals surface area contributed by atoms with Crippen molar-refractivity contribution in [3.8, 4) is 0 Å². The molecule has 0 fully saturated rings. The van der Waals surface area contributed by atoms with Gasteiger partial charge in [-0.25, -0.2) is 0 Å². The molecule has 0 radical (unpaired) electrons. The maximum atomic E-state index is 10.7. The first kappa shape index (κ1) is 11.5. The van der Waals surface area contributed by atoms with Crippen molar-refractivity contribution in [3.63, 3.8) is 0 Å². The molecule has 1 aromatic carbocycles. The Bertz CT molecular complexity index is 356. The van der Waals surface area contributed by atoms with E-state index in [1.807, 2.05) is 6.07 Å². The van der Waals surface area contributed by atoms with Gasteiger partial charge < -0.3 is 10.2 Å². The molecule has 0 aliphatic heterocycles. The smallest absolute Gasteiger partial charge is 0.306 e. The lowest BCUT2D eigenvalue weighted by Gasteiger charge is -2.23. The van der Waals surface area contributed by atoms with Crippen LogP contribution in [0.4, 0.5) is 0 Å². The van der Waals surface area contributed by atoms with Gasteiger partial charge in [-0.3, -0.25) is 4.79 Å². The minimum atomic E-state index is -1.41. The summed E-state index contributed by atoms with van der Waals surface area (Å²) < 4.78 is 0. The van der Waals surface area contributed by atoms with Crippen molar-refractivity contribution >= 4 is 5.97 Å². The molecule has 0 aromatic heterocycles. The van der Waals surface area contributed by atoms with Crippen LogP contribution in [0.5, 0.6) is 0 Å². The monoisotopic (exact) mass is 206 g/mol. The first-order valence-electron chi connectivity index (χ1n) is 4.72. The van der Waals surface area contributed by atoms with Gasteiger partial charge in [0.05, 0.1) is 6.42 Å². The lowest BCUT2D eigenvalue weighted by molar-refractivity contribution is -0.141. The fraction of sp³-hybridized carbons (Fsp3) is 0.250. The first-order valence-corrected chi connectivity index (χ1v) is 4.72. The molecule has 1 unspecified atom stereocenters. The lowest BCUT2D eigenvalue weighted by atomic mass is 9.90. The molecule has 0 saturated carbocycles. The Morgan fingerprint density at radius 2 is 2.00 bits per heavy atom. The molecular formula is C12H14O3. The number of carboxylic acid groups (broad SMARTS) is 1. The van der Waals surface area contributed by atoms with Crippen LogP contribution in [0, 0.1) is 0 Å². The standard InChI is InChI=1S/C12H14O3/c1-2-8-12(15,9-11(13)14)10-6-4-3-5-7-10/h2-8,15H,9H2,1H3,(H,13,14)/b8-2+. The molecule has 0 aliphatic carbocycles. The highest BCUT2D eigenvalue weighted by atomic mass is 16.4. The number of hydrogen-bond donors (Lipinski definition) is 2. The van der Waals surface area contributed by atoms with Crippen LogP contribution in [-0.4, -0.2) is 16.2 Å². The Morgan fingerprint density at radius 3 is 2.47 bits per heavy atom. The maximum absolute atomic E-state index is 10.7. The molecule has 0 bridgehead atoms. The highest BCUT2D eigenvalue weighted by molar-refractivity contribution is 5.69. The van der Waals surface area contributed by atoms with E-state index in [9.17, 15) is 9.90 Å².